The summed E-state index contributed by atoms with van der Waals surface area (Å²) >= 11 is 0. The standard InChI is InChI=1S/C6H14.CH4O.Ag.NO3/c1-3-5-6-4-2;1-2;;2-1(3)4/h3-6H2,1-2H3;2H,1H3;;/q;;+1;-1. The largest absolute Gasteiger partial charge is 1.00 e. The summed E-state index contributed by atoms with van der Waals surface area (Å²) in [5.41, 5.74) is 0. The predicted octanol–water partition coefficient (Wildman–Crippen LogP) is 1.95. The van der Waals surface area contributed by atoms with Crippen molar-refractivity contribution in [3.63, 3.8) is 0 Å². The zero-order valence-corrected chi connectivity index (χ0v) is 9.73. The van der Waals surface area contributed by atoms with Crippen molar-refractivity contribution in [3.05, 3.63) is 15.3 Å². The van der Waals surface area contributed by atoms with E-state index in [0.717, 1.165) is 7.11 Å². The van der Waals surface area contributed by atoms with E-state index in [1.165, 1.54) is 25.7 Å². The summed E-state index contributed by atoms with van der Waals surface area (Å²) in [5.74, 6) is 0. The zero-order chi connectivity index (χ0) is 10.4. The molecule has 0 radical (unpaired) electrons. The van der Waals surface area contributed by atoms with E-state index in [1.807, 2.05) is 0 Å². The number of aliphatic hydroxyl groups excluding tert-OH is 1. The van der Waals surface area contributed by atoms with Crippen LogP contribution in [0.1, 0.15) is 39.5 Å². The smallest absolute Gasteiger partial charge is 0.400 e. The number of nitrogens with zero attached hydrogens (tertiary/aromatic N) is 1. The molecule has 0 aliphatic carbocycles. The van der Waals surface area contributed by atoms with Gasteiger partial charge in [-0.2, -0.15) is 0 Å². The number of unbranched alkanes of at least 4 members (excludes halogenated alkanes) is 3. The minimum atomic E-state index is -1.75. The molecule has 0 fully saturated rings. The maximum Gasteiger partial charge on any atom is 1.00 e. The van der Waals surface area contributed by atoms with Gasteiger partial charge in [-0.3, -0.25) is 0 Å². The van der Waals surface area contributed by atoms with Crippen LogP contribution in [0.15, 0.2) is 0 Å². The van der Waals surface area contributed by atoms with Crippen LogP contribution in [0.5, 0.6) is 0 Å². The predicted molar refractivity (Wildman–Crippen MR) is 48.3 cm³/mol. The van der Waals surface area contributed by atoms with Crippen molar-refractivity contribution in [3.8, 4) is 0 Å². The van der Waals surface area contributed by atoms with Crippen LogP contribution < -0.4 is 0 Å². The minimum Gasteiger partial charge on any atom is -0.400 e. The molecule has 0 spiro atoms. The molecule has 5 nitrogen and oxygen atoms in total. The summed E-state index contributed by atoms with van der Waals surface area (Å²) in [5, 5.41) is 21.8. The van der Waals surface area contributed by atoms with Gasteiger partial charge in [0.25, 0.3) is 0 Å². The van der Waals surface area contributed by atoms with Gasteiger partial charge >= 0.3 is 22.4 Å². The maximum absolute atomic E-state index is 8.25. The summed E-state index contributed by atoms with van der Waals surface area (Å²) < 4.78 is 0. The van der Waals surface area contributed by atoms with Gasteiger partial charge in [0.05, 0.1) is 5.09 Å². The van der Waals surface area contributed by atoms with Crippen molar-refractivity contribution in [1.29, 1.82) is 0 Å². The zero-order valence-electron chi connectivity index (χ0n) is 8.25. The van der Waals surface area contributed by atoms with E-state index in [4.69, 9.17) is 20.4 Å². The van der Waals surface area contributed by atoms with Crippen molar-refractivity contribution in [2.75, 3.05) is 7.11 Å². The molecule has 0 bridgehead atoms. The first-order valence-corrected chi connectivity index (χ1v) is 3.91. The van der Waals surface area contributed by atoms with E-state index >= 15 is 0 Å². The quantitative estimate of drug-likeness (QED) is 0.372. The molecule has 0 heterocycles. The van der Waals surface area contributed by atoms with Crippen LogP contribution in [-0.4, -0.2) is 17.3 Å². The molecule has 6 heteroatoms. The van der Waals surface area contributed by atoms with Crippen LogP contribution in [0.2, 0.25) is 0 Å². The second-order valence-corrected chi connectivity index (χ2v) is 1.93. The molecule has 0 atom stereocenters. The van der Waals surface area contributed by atoms with Gasteiger partial charge in [0.15, 0.2) is 0 Å². The van der Waals surface area contributed by atoms with Crippen LogP contribution in [0.25, 0.3) is 0 Å². The van der Waals surface area contributed by atoms with Crippen LogP contribution in [-0.2, 0) is 22.4 Å². The normalized spacial score (nSPS) is 6.46. The van der Waals surface area contributed by atoms with Gasteiger partial charge in [0, 0.05) is 7.11 Å². The second kappa shape index (κ2) is 29.7. The van der Waals surface area contributed by atoms with Gasteiger partial charge in [0.1, 0.15) is 0 Å². The Morgan fingerprint density at radius 2 is 1.23 bits per heavy atom. The molecule has 0 rings (SSSR count). The molecular weight excluding hydrogens is 270 g/mol. The number of rotatable bonds is 3. The molecule has 13 heavy (non-hydrogen) atoms. The molecular formula is C7H18AgNO4. The van der Waals surface area contributed by atoms with Gasteiger partial charge in [-0.1, -0.05) is 39.5 Å². The summed E-state index contributed by atoms with van der Waals surface area (Å²) in [6.45, 7) is 4.46. The fraction of sp³-hybridized carbons (Fsp3) is 1.00. The molecule has 86 valence electrons. The Balaban J connectivity index is -0.0000000512. The Hall–Kier alpha value is -0.0997. The van der Waals surface area contributed by atoms with E-state index in [1.54, 1.807) is 0 Å². The van der Waals surface area contributed by atoms with E-state index in [9.17, 15) is 0 Å². The Morgan fingerprint density at radius 3 is 1.31 bits per heavy atom. The number of hydrogen-bond acceptors (Lipinski definition) is 4. The van der Waals surface area contributed by atoms with Gasteiger partial charge < -0.3 is 20.4 Å². The van der Waals surface area contributed by atoms with Gasteiger partial charge in [-0.15, -0.1) is 0 Å². The Morgan fingerprint density at radius 1 is 1.08 bits per heavy atom. The third kappa shape index (κ3) is 139. The summed E-state index contributed by atoms with van der Waals surface area (Å²) in [6.07, 6.45) is 5.54. The molecule has 0 saturated heterocycles. The molecule has 0 aromatic rings. The number of hydrogen-bond donors (Lipinski definition) is 1. The minimum absolute atomic E-state index is 0. The molecule has 0 aliphatic rings. The SMILES string of the molecule is CCCCCC.CO.O=[N+]([O-])[O-].[Ag+]. The van der Waals surface area contributed by atoms with Gasteiger partial charge in [-0.25, -0.2) is 0 Å². The molecule has 1 N–H and O–H groups in total. The fourth-order valence-electron chi connectivity index (χ4n) is 0.500. The Bertz CT molecular complexity index is 74.9. The molecule has 0 unspecified atom stereocenters. The van der Waals surface area contributed by atoms with Crippen LogP contribution in [0.3, 0.4) is 0 Å². The molecule has 0 aromatic carbocycles. The number of aliphatic hydroxyl groups is 1. The summed E-state index contributed by atoms with van der Waals surface area (Å²) in [6, 6.07) is 0. The van der Waals surface area contributed by atoms with E-state index in [0.29, 0.717) is 0 Å². The first-order chi connectivity index (χ1) is 5.65. The molecule has 0 aromatic heterocycles. The molecule has 0 aliphatic heterocycles. The first-order valence-electron chi connectivity index (χ1n) is 3.91. The van der Waals surface area contributed by atoms with E-state index < -0.39 is 5.09 Å². The molecule has 0 saturated carbocycles. The first kappa shape index (κ1) is 23.1. The van der Waals surface area contributed by atoms with Crippen molar-refractivity contribution in [1.82, 2.24) is 0 Å². The summed E-state index contributed by atoms with van der Waals surface area (Å²) in [4.78, 5) is 8.25. The molecule has 0 amide bonds. The topological polar surface area (TPSA) is 86.4 Å². The van der Waals surface area contributed by atoms with Crippen molar-refractivity contribution in [2.24, 2.45) is 0 Å². The van der Waals surface area contributed by atoms with E-state index in [2.05, 4.69) is 13.8 Å². The van der Waals surface area contributed by atoms with Gasteiger partial charge in [-0.05, 0) is 0 Å². The average molecular weight is 288 g/mol. The summed E-state index contributed by atoms with van der Waals surface area (Å²) in [7, 11) is 1.00. The van der Waals surface area contributed by atoms with E-state index in [-0.39, 0.29) is 22.4 Å². The van der Waals surface area contributed by atoms with Crippen molar-refractivity contribution >= 4 is 0 Å². The third-order valence-corrected chi connectivity index (χ3v) is 0.957. The van der Waals surface area contributed by atoms with Crippen molar-refractivity contribution < 1.29 is 32.6 Å². The second-order valence-electron chi connectivity index (χ2n) is 1.93. The fourth-order valence-corrected chi connectivity index (χ4v) is 0.500. The third-order valence-electron chi connectivity index (χ3n) is 0.957. The van der Waals surface area contributed by atoms with Gasteiger partial charge in [0.2, 0.25) is 0 Å². The van der Waals surface area contributed by atoms with Crippen LogP contribution in [0, 0.1) is 15.3 Å². The monoisotopic (exact) mass is 287 g/mol. The Kier molecular flexibility index (Phi) is 52.7. The van der Waals surface area contributed by atoms with Crippen LogP contribution in [0.4, 0.5) is 0 Å². The van der Waals surface area contributed by atoms with Crippen LogP contribution >= 0.6 is 0 Å². The van der Waals surface area contributed by atoms with Crippen molar-refractivity contribution in [2.45, 2.75) is 39.5 Å². The maximum atomic E-state index is 8.25. The Labute approximate surface area is 94.8 Å². The average Bonchev–Trinajstić information content (AvgIpc) is 2.04.